The molecular weight excluding hydrogens is 212 g/mol. The van der Waals surface area contributed by atoms with Crippen LogP contribution in [0, 0.1) is 11.8 Å². The van der Waals surface area contributed by atoms with Crippen molar-refractivity contribution in [1.29, 1.82) is 0 Å². The lowest BCUT2D eigenvalue weighted by Gasteiger charge is -2.32. The second-order valence-electron chi connectivity index (χ2n) is 6.22. The molecule has 17 heavy (non-hydrogen) atoms. The lowest BCUT2D eigenvalue weighted by atomic mass is 9.80. The van der Waals surface area contributed by atoms with Gasteiger partial charge >= 0.3 is 0 Å². The average Bonchev–Trinajstić information content (AvgIpc) is 3.10. The Labute approximate surface area is 105 Å². The minimum Gasteiger partial charge on any atom is -0.356 e. The predicted octanol–water partition coefficient (Wildman–Crippen LogP) is 2.20. The molecule has 2 rings (SSSR count). The van der Waals surface area contributed by atoms with Gasteiger partial charge in [-0.05, 0) is 37.5 Å². The molecule has 2 fully saturated rings. The first-order valence-corrected chi connectivity index (χ1v) is 7.15. The number of carbonyl (C=O) groups is 1. The van der Waals surface area contributed by atoms with Crippen molar-refractivity contribution in [2.75, 3.05) is 6.54 Å². The number of amides is 1. The average molecular weight is 238 g/mol. The molecule has 2 aliphatic rings. The lowest BCUT2D eigenvalue weighted by Crippen LogP contribution is -2.46. The number of hydrogen-bond acceptors (Lipinski definition) is 2. The van der Waals surface area contributed by atoms with E-state index in [2.05, 4.69) is 12.2 Å². The molecular formula is C14H26N2O. The van der Waals surface area contributed by atoms with Crippen molar-refractivity contribution < 1.29 is 4.79 Å². The first-order chi connectivity index (χ1) is 8.09. The number of nitrogens with two attached hydrogens (primary N) is 1. The summed E-state index contributed by atoms with van der Waals surface area (Å²) in [5.74, 6) is 1.65. The molecule has 0 aromatic rings. The van der Waals surface area contributed by atoms with E-state index in [1.807, 2.05) is 0 Å². The van der Waals surface area contributed by atoms with E-state index < -0.39 is 0 Å². The van der Waals surface area contributed by atoms with Gasteiger partial charge in [-0.1, -0.05) is 26.2 Å². The van der Waals surface area contributed by atoms with Gasteiger partial charge in [0.1, 0.15) is 0 Å². The minimum atomic E-state index is -0.217. The summed E-state index contributed by atoms with van der Waals surface area (Å²) in [6, 6.07) is 0. The van der Waals surface area contributed by atoms with Gasteiger partial charge in [-0.2, -0.15) is 0 Å². The molecule has 0 aliphatic heterocycles. The van der Waals surface area contributed by atoms with E-state index in [1.165, 1.54) is 32.1 Å². The lowest BCUT2D eigenvalue weighted by molar-refractivity contribution is -0.122. The van der Waals surface area contributed by atoms with Crippen molar-refractivity contribution in [1.82, 2.24) is 5.32 Å². The van der Waals surface area contributed by atoms with Gasteiger partial charge in [0, 0.05) is 18.5 Å². The molecule has 0 saturated heterocycles. The molecule has 2 saturated carbocycles. The molecule has 0 aromatic heterocycles. The Hall–Kier alpha value is -0.570. The summed E-state index contributed by atoms with van der Waals surface area (Å²) in [7, 11) is 0. The summed E-state index contributed by atoms with van der Waals surface area (Å²) < 4.78 is 0. The predicted molar refractivity (Wildman–Crippen MR) is 69.5 cm³/mol. The Balaban J connectivity index is 1.68. The molecule has 1 atom stereocenters. The SMILES string of the molecule is CC(CNC(=O)CC1(N)CCCCC1)C1CC1. The second kappa shape index (κ2) is 5.38. The van der Waals surface area contributed by atoms with Crippen molar-refractivity contribution in [3.8, 4) is 0 Å². The van der Waals surface area contributed by atoms with Crippen LogP contribution in [0.3, 0.4) is 0 Å². The topological polar surface area (TPSA) is 55.1 Å². The van der Waals surface area contributed by atoms with E-state index in [-0.39, 0.29) is 11.4 Å². The van der Waals surface area contributed by atoms with Crippen LogP contribution in [0.25, 0.3) is 0 Å². The maximum Gasteiger partial charge on any atom is 0.221 e. The minimum absolute atomic E-state index is 0.155. The quantitative estimate of drug-likeness (QED) is 0.771. The van der Waals surface area contributed by atoms with Gasteiger partial charge < -0.3 is 11.1 Å². The zero-order chi connectivity index (χ0) is 12.3. The van der Waals surface area contributed by atoms with E-state index in [0.717, 1.165) is 25.3 Å². The first-order valence-electron chi connectivity index (χ1n) is 7.15. The van der Waals surface area contributed by atoms with Gasteiger partial charge in [0.25, 0.3) is 0 Å². The highest BCUT2D eigenvalue weighted by atomic mass is 16.1. The van der Waals surface area contributed by atoms with Gasteiger partial charge in [0.05, 0.1) is 0 Å². The smallest absolute Gasteiger partial charge is 0.221 e. The molecule has 3 heteroatoms. The molecule has 98 valence electrons. The first kappa shape index (κ1) is 12.9. The molecule has 0 heterocycles. The Kier molecular flexibility index (Phi) is 4.08. The van der Waals surface area contributed by atoms with Crippen LogP contribution < -0.4 is 11.1 Å². The third-order valence-corrected chi connectivity index (χ3v) is 4.41. The molecule has 2 aliphatic carbocycles. The number of nitrogens with one attached hydrogen (secondary N) is 1. The fourth-order valence-corrected chi connectivity index (χ4v) is 2.92. The van der Waals surface area contributed by atoms with Gasteiger partial charge in [0.15, 0.2) is 0 Å². The monoisotopic (exact) mass is 238 g/mol. The Morgan fingerprint density at radius 2 is 2.00 bits per heavy atom. The van der Waals surface area contributed by atoms with Crippen molar-refractivity contribution >= 4 is 5.91 Å². The van der Waals surface area contributed by atoms with Gasteiger partial charge in [-0.25, -0.2) is 0 Å². The maximum atomic E-state index is 11.9. The molecule has 3 N–H and O–H groups in total. The fourth-order valence-electron chi connectivity index (χ4n) is 2.92. The summed E-state index contributed by atoms with van der Waals surface area (Å²) >= 11 is 0. The zero-order valence-electron chi connectivity index (χ0n) is 11.0. The molecule has 0 aromatic carbocycles. The summed E-state index contributed by atoms with van der Waals surface area (Å²) in [6.45, 7) is 3.07. The highest BCUT2D eigenvalue weighted by Crippen LogP contribution is 2.36. The molecule has 1 amide bonds. The van der Waals surface area contributed by atoms with Crippen LogP contribution in [0.15, 0.2) is 0 Å². The molecule has 0 spiro atoms. The van der Waals surface area contributed by atoms with Crippen LogP contribution in [0.2, 0.25) is 0 Å². The van der Waals surface area contributed by atoms with E-state index in [0.29, 0.717) is 12.3 Å². The molecule has 3 nitrogen and oxygen atoms in total. The van der Waals surface area contributed by atoms with Crippen molar-refractivity contribution in [3.63, 3.8) is 0 Å². The Morgan fingerprint density at radius 1 is 1.35 bits per heavy atom. The van der Waals surface area contributed by atoms with Crippen LogP contribution >= 0.6 is 0 Å². The van der Waals surface area contributed by atoms with E-state index in [4.69, 9.17) is 5.73 Å². The molecule has 0 radical (unpaired) electrons. The number of carbonyl (C=O) groups excluding carboxylic acids is 1. The highest BCUT2D eigenvalue weighted by molar-refractivity contribution is 5.77. The second-order valence-corrected chi connectivity index (χ2v) is 6.22. The summed E-state index contributed by atoms with van der Waals surface area (Å²) in [4.78, 5) is 11.9. The standard InChI is InChI=1S/C14H26N2O/c1-11(12-5-6-12)10-16-13(17)9-14(15)7-3-2-4-8-14/h11-12H,2-10,15H2,1H3,(H,16,17). The largest absolute Gasteiger partial charge is 0.356 e. The van der Waals surface area contributed by atoms with Crippen molar-refractivity contribution in [2.45, 2.75) is 63.8 Å². The summed E-state index contributed by atoms with van der Waals surface area (Å²) in [5, 5.41) is 3.06. The Bertz CT molecular complexity index is 267. The summed E-state index contributed by atoms with van der Waals surface area (Å²) in [6.07, 6.45) is 8.88. The maximum absolute atomic E-state index is 11.9. The van der Waals surface area contributed by atoms with Crippen LogP contribution in [0.4, 0.5) is 0 Å². The van der Waals surface area contributed by atoms with Crippen molar-refractivity contribution in [3.05, 3.63) is 0 Å². The Morgan fingerprint density at radius 3 is 2.59 bits per heavy atom. The summed E-state index contributed by atoms with van der Waals surface area (Å²) in [5.41, 5.74) is 6.06. The van der Waals surface area contributed by atoms with Crippen LogP contribution in [-0.2, 0) is 4.79 Å². The van der Waals surface area contributed by atoms with Crippen LogP contribution in [0.5, 0.6) is 0 Å². The third kappa shape index (κ3) is 3.98. The van der Waals surface area contributed by atoms with Crippen LogP contribution in [-0.4, -0.2) is 18.0 Å². The van der Waals surface area contributed by atoms with Crippen molar-refractivity contribution in [2.24, 2.45) is 17.6 Å². The van der Waals surface area contributed by atoms with Gasteiger partial charge in [0.2, 0.25) is 5.91 Å². The van der Waals surface area contributed by atoms with Gasteiger partial charge in [-0.15, -0.1) is 0 Å². The normalized spacial score (nSPS) is 25.3. The van der Waals surface area contributed by atoms with Gasteiger partial charge in [-0.3, -0.25) is 4.79 Å². The molecule has 1 unspecified atom stereocenters. The van der Waals surface area contributed by atoms with E-state index in [9.17, 15) is 4.79 Å². The number of rotatable bonds is 5. The molecule has 0 bridgehead atoms. The highest BCUT2D eigenvalue weighted by Gasteiger charge is 2.31. The zero-order valence-corrected chi connectivity index (χ0v) is 11.0. The third-order valence-electron chi connectivity index (χ3n) is 4.41. The number of hydrogen-bond donors (Lipinski definition) is 2. The fraction of sp³-hybridized carbons (Fsp3) is 0.929. The van der Waals surface area contributed by atoms with E-state index in [1.54, 1.807) is 0 Å². The van der Waals surface area contributed by atoms with Crippen LogP contribution in [0.1, 0.15) is 58.3 Å². The van der Waals surface area contributed by atoms with E-state index >= 15 is 0 Å².